The number of fused-ring (bicyclic) bond motifs is 2. The molecule has 4 rings (SSSR count). The molecule has 0 radical (unpaired) electrons. The van der Waals surface area contributed by atoms with Crippen molar-refractivity contribution in [2.45, 2.75) is 44.4 Å². The van der Waals surface area contributed by atoms with Crippen LogP contribution in [0.1, 0.15) is 36.7 Å². The van der Waals surface area contributed by atoms with E-state index in [0.717, 1.165) is 12.8 Å². The Morgan fingerprint density at radius 1 is 1.52 bits per heavy atom. The number of pyridine rings is 1. The zero-order valence-corrected chi connectivity index (χ0v) is 11.8. The monoisotopic (exact) mass is 296 g/mol. The zero-order valence-electron chi connectivity index (χ0n) is 11.8. The highest BCUT2D eigenvalue weighted by Gasteiger charge is 2.58. The number of hydrogen-bond acceptors (Lipinski definition) is 3. The van der Waals surface area contributed by atoms with Crippen LogP contribution < -0.4 is 0 Å². The lowest BCUT2D eigenvalue weighted by atomic mass is 9.64. The highest BCUT2D eigenvalue weighted by atomic mass is 19.3. The number of amides is 1. The number of hydrogen-bond donors (Lipinski definition) is 0. The molecule has 1 aliphatic carbocycles. The summed E-state index contributed by atoms with van der Waals surface area (Å²) in [4.78, 5) is 18.4. The van der Waals surface area contributed by atoms with Crippen LogP contribution in [0.3, 0.4) is 0 Å². The van der Waals surface area contributed by atoms with Crippen molar-refractivity contribution in [1.29, 1.82) is 0 Å². The molecule has 2 saturated heterocycles. The summed E-state index contributed by atoms with van der Waals surface area (Å²) >= 11 is 0. The Morgan fingerprint density at radius 3 is 3.00 bits per heavy atom. The number of rotatable bonds is 4. The van der Waals surface area contributed by atoms with E-state index < -0.39 is 12.2 Å². The highest BCUT2D eigenvalue weighted by molar-refractivity contribution is 5.94. The molecule has 4 nitrogen and oxygen atoms in total. The second-order valence-corrected chi connectivity index (χ2v) is 6.09. The minimum absolute atomic E-state index is 0.107. The summed E-state index contributed by atoms with van der Waals surface area (Å²) in [6, 6.07) is 5.26. The number of piperidine rings is 1. The van der Waals surface area contributed by atoms with Gasteiger partial charge in [-0.05, 0) is 37.3 Å². The molecule has 2 aliphatic heterocycles. The van der Waals surface area contributed by atoms with Crippen LogP contribution in [-0.2, 0) is 4.74 Å². The molecular weight excluding hydrogens is 278 g/mol. The third kappa shape index (κ3) is 2.52. The first-order valence-electron chi connectivity index (χ1n) is 7.16. The molecule has 3 aliphatic rings. The Hall–Kier alpha value is -1.56. The van der Waals surface area contributed by atoms with E-state index >= 15 is 0 Å². The van der Waals surface area contributed by atoms with Gasteiger partial charge >= 0.3 is 6.61 Å². The quantitative estimate of drug-likeness (QED) is 0.858. The Kier molecular flexibility index (Phi) is 3.65. The fourth-order valence-corrected chi connectivity index (χ4v) is 3.87. The number of carbonyl (C=O) groups excluding carboxylic acids is 1. The van der Waals surface area contributed by atoms with Gasteiger partial charge in [0.1, 0.15) is 5.69 Å². The summed E-state index contributed by atoms with van der Waals surface area (Å²) in [5.74, 6) is 0.231. The maximum atomic E-state index is 12.6. The van der Waals surface area contributed by atoms with Crippen molar-refractivity contribution in [2.75, 3.05) is 6.61 Å². The molecule has 0 aromatic carbocycles. The van der Waals surface area contributed by atoms with Crippen LogP contribution in [0.4, 0.5) is 8.78 Å². The van der Waals surface area contributed by atoms with Crippen molar-refractivity contribution < 1.29 is 18.3 Å². The van der Waals surface area contributed by atoms with Gasteiger partial charge in [-0.3, -0.25) is 9.78 Å². The molecule has 1 saturated carbocycles. The Balaban J connectivity index is 1.81. The van der Waals surface area contributed by atoms with Crippen molar-refractivity contribution >= 4 is 5.91 Å². The smallest absolute Gasteiger partial charge is 0.326 e. The molecule has 1 amide bonds. The van der Waals surface area contributed by atoms with Crippen molar-refractivity contribution in [2.24, 2.45) is 5.92 Å². The number of aromatic nitrogens is 1. The largest absolute Gasteiger partial charge is 0.345 e. The third-order valence-electron chi connectivity index (χ3n) is 4.48. The van der Waals surface area contributed by atoms with Crippen molar-refractivity contribution in [1.82, 2.24) is 9.88 Å². The van der Waals surface area contributed by atoms with Gasteiger partial charge in [0.2, 0.25) is 0 Å². The summed E-state index contributed by atoms with van der Waals surface area (Å²) < 4.78 is 29.3. The SMILES string of the molecule is CC1CC2CC(COC(F)F)(C1)N2C(=O)c1ccccn1. The number of alkyl halides is 2. The van der Waals surface area contributed by atoms with E-state index in [1.165, 1.54) is 0 Å². The van der Waals surface area contributed by atoms with Crippen LogP contribution in [0.5, 0.6) is 0 Å². The van der Waals surface area contributed by atoms with Gasteiger partial charge in [-0.2, -0.15) is 8.78 Å². The number of nitrogens with zero attached hydrogens (tertiary/aromatic N) is 2. The van der Waals surface area contributed by atoms with Crippen LogP contribution in [0.2, 0.25) is 0 Å². The highest BCUT2D eigenvalue weighted by Crippen LogP contribution is 2.50. The second-order valence-electron chi connectivity index (χ2n) is 6.09. The summed E-state index contributed by atoms with van der Waals surface area (Å²) in [5.41, 5.74) is -0.230. The second kappa shape index (κ2) is 5.33. The van der Waals surface area contributed by atoms with Crippen molar-refractivity contribution in [3.8, 4) is 0 Å². The van der Waals surface area contributed by atoms with Gasteiger partial charge in [-0.15, -0.1) is 0 Å². The predicted molar refractivity (Wildman–Crippen MR) is 71.9 cm³/mol. The molecule has 21 heavy (non-hydrogen) atoms. The molecule has 3 atom stereocenters. The van der Waals surface area contributed by atoms with Crippen LogP contribution in [-0.4, -0.2) is 40.6 Å². The van der Waals surface area contributed by atoms with Crippen molar-refractivity contribution in [3.63, 3.8) is 0 Å². The number of ether oxygens (including phenoxy) is 1. The molecule has 6 heteroatoms. The van der Waals surface area contributed by atoms with E-state index in [2.05, 4.69) is 16.6 Å². The number of carbonyl (C=O) groups is 1. The Morgan fingerprint density at radius 2 is 2.33 bits per heavy atom. The topological polar surface area (TPSA) is 42.4 Å². The van der Waals surface area contributed by atoms with Gasteiger partial charge in [0, 0.05) is 12.2 Å². The molecule has 114 valence electrons. The molecule has 3 unspecified atom stereocenters. The normalized spacial score (nSPS) is 31.1. The molecule has 3 fully saturated rings. The lowest BCUT2D eigenvalue weighted by molar-refractivity contribution is -0.196. The third-order valence-corrected chi connectivity index (χ3v) is 4.48. The Labute approximate surface area is 122 Å². The standard InChI is InChI=1S/C15H18F2N2O2/c1-10-6-11-8-15(7-10,9-21-14(16)17)19(11)13(20)12-4-2-3-5-18-12/h2-5,10-11,14H,6-9H2,1H3. The van der Waals surface area contributed by atoms with Gasteiger partial charge in [-0.1, -0.05) is 13.0 Å². The Bertz CT molecular complexity index is 526. The summed E-state index contributed by atoms with van der Waals surface area (Å²) in [6.45, 7) is -0.821. The summed E-state index contributed by atoms with van der Waals surface area (Å²) in [5, 5.41) is 0. The molecule has 1 aromatic rings. The van der Waals surface area contributed by atoms with Crippen LogP contribution in [0.25, 0.3) is 0 Å². The maximum absolute atomic E-state index is 12.6. The average molecular weight is 296 g/mol. The van der Waals surface area contributed by atoms with E-state index in [1.54, 1.807) is 29.3 Å². The summed E-state index contributed by atoms with van der Waals surface area (Å²) in [6.07, 6.45) is 3.92. The predicted octanol–water partition coefficient (Wildman–Crippen LogP) is 2.70. The van der Waals surface area contributed by atoms with E-state index in [1.807, 2.05) is 0 Å². The first-order valence-corrected chi connectivity index (χ1v) is 7.16. The van der Waals surface area contributed by atoms with E-state index in [-0.39, 0.29) is 18.6 Å². The van der Waals surface area contributed by atoms with Crippen LogP contribution in [0.15, 0.2) is 24.4 Å². The van der Waals surface area contributed by atoms with Gasteiger partial charge in [-0.25, -0.2) is 0 Å². The number of halogens is 2. The van der Waals surface area contributed by atoms with E-state index in [4.69, 9.17) is 0 Å². The van der Waals surface area contributed by atoms with E-state index in [9.17, 15) is 13.6 Å². The fraction of sp³-hybridized carbons (Fsp3) is 0.600. The molecule has 1 aromatic heterocycles. The maximum Gasteiger partial charge on any atom is 0.345 e. The molecule has 0 N–H and O–H groups in total. The minimum atomic E-state index is -2.80. The van der Waals surface area contributed by atoms with Crippen LogP contribution >= 0.6 is 0 Å². The van der Waals surface area contributed by atoms with Gasteiger partial charge in [0.15, 0.2) is 0 Å². The van der Waals surface area contributed by atoms with Gasteiger partial charge < -0.3 is 9.64 Å². The van der Waals surface area contributed by atoms with E-state index in [0.29, 0.717) is 18.0 Å². The first kappa shape index (κ1) is 14.4. The fourth-order valence-electron chi connectivity index (χ4n) is 3.87. The van der Waals surface area contributed by atoms with Crippen LogP contribution in [0, 0.1) is 5.92 Å². The minimum Gasteiger partial charge on any atom is -0.326 e. The van der Waals surface area contributed by atoms with Gasteiger partial charge in [0.05, 0.1) is 12.1 Å². The molecule has 3 heterocycles. The lowest BCUT2D eigenvalue weighted by Crippen LogP contribution is -2.73. The molecular formula is C15H18F2N2O2. The molecule has 2 bridgehead atoms. The first-order chi connectivity index (χ1) is 10.0. The lowest BCUT2D eigenvalue weighted by Gasteiger charge is -2.63. The zero-order chi connectivity index (χ0) is 15.0. The van der Waals surface area contributed by atoms with Gasteiger partial charge in [0.25, 0.3) is 5.91 Å². The molecule has 0 spiro atoms. The summed E-state index contributed by atoms with van der Waals surface area (Å²) in [7, 11) is 0. The average Bonchev–Trinajstić information content (AvgIpc) is 2.45. The van der Waals surface area contributed by atoms with Crippen molar-refractivity contribution in [3.05, 3.63) is 30.1 Å².